The third-order valence-electron chi connectivity index (χ3n) is 6.92. The van der Waals surface area contributed by atoms with Gasteiger partial charge < -0.3 is 15.2 Å². The van der Waals surface area contributed by atoms with Gasteiger partial charge in [0.2, 0.25) is 5.91 Å². The van der Waals surface area contributed by atoms with E-state index in [2.05, 4.69) is 18.3 Å². The SMILES string of the molecule is CCCCC[C@H](O)C=C[C@@H]1CCC(=O)[C@@H]1CCCCCCC(=O)NCCc1ccccc1OC. The number of para-hydroxylation sites is 1. The fraction of sp³-hybridized carbons (Fsp3) is 0.655. The second-order valence-corrected chi connectivity index (χ2v) is 9.59. The third kappa shape index (κ3) is 10.4. The molecule has 5 nitrogen and oxygen atoms in total. The van der Waals surface area contributed by atoms with Crippen molar-refractivity contribution in [3.63, 3.8) is 0 Å². The van der Waals surface area contributed by atoms with Crippen molar-refractivity contribution in [1.29, 1.82) is 0 Å². The van der Waals surface area contributed by atoms with Crippen LogP contribution in [0.5, 0.6) is 5.75 Å². The van der Waals surface area contributed by atoms with Crippen molar-refractivity contribution in [1.82, 2.24) is 5.32 Å². The number of carbonyl (C=O) groups excluding carboxylic acids is 2. The summed E-state index contributed by atoms with van der Waals surface area (Å²) in [7, 11) is 1.66. The van der Waals surface area contributed by atoms with Gasteiger partial charge in [0.05, 0.1) is 13.2 Å². The van der Waals surface area contributed by atoms with Crippen LogP contribution in [0.1, 0.15) is 89.5 Å². The lowest BCUT2D eigenvalue weighted by Crippen LogP contribution is -2.25. The van der Waals surface area contributed by atoms with E-state index in [0.29, 0.717) is 25.2 Å². The van der Waals surface area contributed by atoms with E-state index in [1.165, 1.54) is 0 Å². The molecule has 1 aromatic rings. The van der Waals surface area contributed by atoms with Crippen LogP contribution in [0.4, 0.5) is 0 Å². The highest BCUT2D eigenvalue weighted by molar-refractivity contribution is 5.83. The van der Waals surface area contributed by atoms with Gasteiger partial charge in [0, 0.05) is 25.3 Å². The minimum atomic E-state index is -0.385. The molecule has 1 fully saturated rings. The zero-order valence-electron chi connectivity index (χ0n) is 21.3. The summed E-state index contributed by atoms with van der Waals surface area (Å²) >= 11 is 0. The maximum atomic E-state index is 12.3. The molecule has 190 valence electrons. The van der Waals surface area contributed by atoms with Crippen molar-refractivity contribution >= 4 is 11.7 Å². The molecule has 0 spiro atoms. The molecule has 1 saturated carbocycles. The van der Waals surface area contributed by atoms with E-state index in [1.54, 1.807) is 7.11 Å². The predicted octanol–water partition coefficient (Wildman–Crippen LogP) is 5.79. The summed E-state index contributed by atoms with van der Waals surface area (Å²) in [5.41, 5.74) is 1.10. The van der Waals surface area contributed by atoms with Crippen LogP contribution in [0, 0.1) is 11.8 Å². The normalized spacial score (nSPS) is 19.0. The lowest BCUT2D eigenvalue weighted by Gasteiger charge is -2.15. The Morgan fingerprint density at radius 3 is 2.76 bits per heavy atom. The quantitative estimate of drug-likeness (QED) is 0.223. The van der Waals surface area contributed by atoms with Gasteiger partial charge in [-0.15, -0.1) is 0 Å². The highest BCUT2D eigenvalue weighted by Crippen LogP contribution is 2.34. The number of methoxy groups -OCH3 is 1. The molecule has 0 radical (unpaired) electrons. The first-order valence-corrected chi connectivity index (χ1v) is 13.3. The fourth-order valence-corrected chi connectivity index (χ4v) is 4.85. The van der Waals surface area contributed by atoms with E-state index in [0.717, 1.165) is 81.9 Å². The van der Waals surface area contributed by atoms with E-state index in [9.17, 15) is 14.7 Å². The second kappa shape index (κ2) is 16.5. The first kappa shape index (κ1) is 28.1. The minimum Gasteiger partial charge on any atom is -0.496 e. The van der Waals surface area contributed by atoms with E-state index in [4.69, 9.17) is 4.74 Å². The van der Waals surface area contributed by atoms with Gasteiger partial charge in [0.25, 0.3) is 0 Å². The van der Waals surface area contributed by atoms with Gasteiger partial charge >= 0.3 is 0 Å². The summed E-state index contributed by atoms with van der Waals surface area (Å²) in [6.07, 6.45) is 15.6. The molecule has 1 amide bonds. The smallest absolute Gasteiger partial charge is 0.220 e. The van der Waals surface area contributed by atoms with E-state index in [-0.39, 0.29) is 23.8 Å². The average molecular weight is 472 g/mol. The number of aliphatic hydroxyl groups excluding tert-OH is 1. The van der Waals surface area contributed by atoms with Crippen LogP contribution >= 0.6 is 0 Å². The Morgan fingerprint density at radius 2 is 1.97 bits per heavy atom. The molecule has 34 heavy (non-hydrogen) atoms. The fourth-order valence-electron chi connectivity index (χ4n) is 4.85. The topological polar surface area (TPSA) is 75.6 Å². The van der Waals surface area contributed by atoms with Gasteiger partial charge in [-0.3, -0.25) is 9.59 Å². The van der Waals surface area contributed by atoms with Gasteiger partial charge in [0.15, 0.2) is 0 Å². The highest BCUT2D eigenvalue weighted by atomic mass is 16.5. The minimum absolute atomic E-state index is 0.101. The van der Waals surface area contributed by atoms with E-state index in [1.807, 2.05) is 30.3 Å². The molecule has 1 aromatic carbocycles. The number of rotatable bonds is 17. The van der Waals surface area contributed by atoms with Gasteiger partial charge in [-0.25, -0.2) is 0 Å². The molecule has 0 saturated heterocycles. The number of unbranched alkanes of at least 4 members (excludes halogenated alkanes) is 5. The number of nitrogens with one attached hydrogen (secondary N) is 1. The number of Topliss-reactive ketones (excluding diaryl/α,β-unsaturated/α-hetero) is 1. The summed E-state index contributed by atoms with van der Waals surface area (Å²) in [6, 6.07) is 7.89. The lowest BCUT2D eigenvalue weighted by molar-refractivity contribution is -0.121. The Labute approximate surface area is 206 Å². The molecule has 3 atom stereocenters. The number of hydrogen-bond acceptors (Lipinski definition) is 4. The molecular formula is C29H45NO4. The molecule has 0 aliphatic heterocycles. The predicted molar refractivity (Wildman–Crippen MR) is 138 cm³/mol. The molecule has 0 aromatic heterocycles. The Kier molecular flexibility index (Phi) is 13.6. The maximum Gasteiger partial charge on any atom is 0.220 e. The van der Waals surface area contributed by atoms with Crippen molar-refractivity contribution in [2.75, 3.05) is 13.7 Å². The number of aliphatic hydroxyl groups is 1. The third-order valence-corrected chi connectivity index (χ3v) is 6.92. The monoisotopic (exact) mass is 471 g/mol. The molecule has 0 unspecified atom stereocenters. The van der Waals surface area contributed by atoms with Crippen molar-refractivity contribution in [2.45, 2.75) is 96.5 Å². The zero-order chi connectivity index (χ0) is 24.6. The summed E-state index contributed by atoms with van der Waals surface area (Å²) in [5.74, 6) is 1.73. The molecular weight excluding hydrogens is 426 g/mol. The van der Waals surface area contributed by atoms with Crippen molar-refractivity contribution in [2.24, 2.45) is 11.8 Å². The van der Waals surface area contributed by atoms with Crippen LogP contribution in [-0.2, 0) is 16.0 Å². The summed E-state index contributed by atoms with van der Waals surface area (Å²) < 4.78 is 5.35. The first-order valence-electron chi connectivity index (χ1n) is 13.3. The highest BCUT2D eigenvalue weighted by Gasteiger charge is 2.32. The van der Waals surface area contributed by atoms with Crippen LogP contribution in [-0.4, -0.2) is 36.6 Å². The van der Waals surface area contributed by atoms with Gasteiger partial charge in [-0.2, -0.15) is 0 Å². The van der Waals surface area contributed by atoms with Crippen molar-refractivity contribution < 1.29 is 19.4 Å². The standard InChI is InChI=1S/C29H45NO4/c1-3-4-7-13-25(31)19-17-23-18-20-27(32)26(23)14-8-5-6-9-16-29(33)30-22-21-24-12-10-11-15-28(24)34-2/h10-12,15,17,19,23,25-26,31H,3-9,13-14,16,18,20-22H2,1-2H3,(H,30,33)/t23-,25+,26-/m1/s1. The molecule has 1 aliphatic rings. The number of allylic oxidation sites excluding steroid dienone is 1. The number of ether oxygens (including phenoxy) is 1. The number of carbonyl (C=O) groups is 2. The maximum absolute atomic E-state index is 12.3. The summed E-state index contributed by atoms with van der Waals surface area (Å²) in [5, 5.41) is 13.1. The first-order chi connectivity index (χ1) is 16.5. The van der Waals surface area contributed by atoms with Crippen LogP contribution < -0.4 is 10.1 Å². The Balaban J connectivity index is 1.57. The Morgan fingerprint density at radius 1 is 1.18 bits per heavy atom. The average Bonchev–Trinajstić information content (AvgIpc) is 3.19. The Hall–Kier alpha value is -2.14. The molecule has 2 rings (SSSR count). The van der Waals surface area contributed by atoms with Crippen molar-refractivity contribution in [3.05, 3.63) is 42.0 Å². The van der Waals surface area contributed by atoms with Crippen LogP contribution in [0.25, 0.3) is 0 Å². The summed E-state index contributed by atoms with van der Waals surface area (Å²) in [6.45, 7) is 2.78. The van der Waals surface area contributed by atoms with Crippen LogP contribution in [0.15, 0.2) is 36.4 Å². The van der Waals surface area contributed by atoms with Gasteiger partial charge in [-0.05, 0) is 49.7 Å². The molecule has 1 aliphatic carbocycles. The second-order valence-electron chi connectivity index (χ2n) is 9.59. The molecule has 0 bridgehead atoms. The molecule has 2 N–H and O–H groups in total. The van der Waals surface area contributed by atoms with Gasteiger partial charge in [0.1, 0.15) is 11.5 Å². The van der Waals surface area contributed by atoms with Crippen LogP contribution in [0.2, 0.25) is 0 Å². The van der Waals surface area contributed by atoms with Crippen LogP contribution in [0.3, 0.4) is 0 Å². The Bertz CT molecular complexity index is 760. The number of ketones is 1. The van der Waals surface area contributed by atoms with Crippen molar-refractivity contribution in [3.8, 4) is 5.75 Å². The van der Waals surface area contributed by atoms with Gasteiger partial charge in [-0.1, -0.05) is 75.8 Å². The molecule has 0 heterocycles. The summed E-state index contributed by atoms with van der Waals surface area (Å²) in [4.78, 5) is 24.4. The van der Waals surface area contributed by atoms with E-state index < -0.39 is 0 Å². The largest absolute Gasteiger partial charge is 0.496 e. The zero-order valence-corrected chi connectivity index (χ0v) is 21.3. The number of benzene rings is 1. The number of hydrogen-bond donors (Lipinski definition) is 2. The lowest BCUT2D eigenvalue weighted by atomic mass is 9.89. The van der Waals surface area contributed by atoms with E-state index >= 15 is 0 Å². The number of amides is 1. The molecule has 5 heteroatoms.